The lowest BCUT2D eigenvalue weighted by Crippen LogP contribution is -2.40. The molecule has 1 atom stereocenters. The van der Waals surface area contributed by atoms with Crippen LogP contribution in [0.25, 0.3) is 0 Å². The first-order valence-electron chi connectivity index (χ1n) is 7.45. The molecule has 0 saturated carbocycles. The van der Waals surface area contributed by atoms with Crippen molar-refractivity contribution < 1.29 is 0 Å². The fraction of sp³-hybridized carbons (Fsp3) is 0.353. The molecular weight excluding hydrogens is 262 g/mol. The highest BCUT2D eigenvalue weighted by molar-refractivity contribution is 5.56. The minimum Gasteiger partial charge on any atom is -0.398 e. The Kier molecular flexibility index (Phi) is 3.69. The van der Waals surface area contributed by atoms with Crippen molar-refractivity contribution in [2.45, 2.75) is 32.4 Å². The van der Waals surface area contributed by atoms with Gasteiger partial charge in [-0.15, -0.1) is 0 Å². The molecule has 2 heterocycles. The monoisotopic (exact) mass is 283 g/mol. The fourth-order valence-corrected chi connectivity index (χ4v) is 3.04. The maximum Gasteiger partial charge on any atom is 0.250 e. The van der Waals surface area contributed by atoms with Gasteiger partial charge in [0.05, 0.1) is 0 Å². The van der Waals surface area contributed by atoms with E-state index in [1.807, 2.05) is 0 Å². The molecule has 2 N–H and O–H groups in total. The van der Waals surface area contributed by atoms with Crippen LogP contribution in [0.1, 0.15) is 18.9 Å². The lowest BCUT2D eigenvalue weighted by molar-refractivity contribution is 0.531. The van der Waals surface area contributed by atoms with Crippen LogP contribution in [0.2, 0.25) is 0 Å². The zero-order valence-electron chi connectivity index (χ0n) is 12.3. The number of rotatable bonds is 3. The Morgan fingerprint density at radius 2 is 2.00 bits per heavy atom. The van der Waals surface area contributed by atoms with E-state index >= 15 is 0 Å². The molecule has 1 aromatic heterocycles. The smallest absolute Gasteiger partial charge is 0.250 e. The topological polar surface area (TPSA) is 51.3 Å². The van der Waals surface area contributed by atoms with Crippen molar-refractivity contribution in [2.24, 2.45) is 0 Å². The molecule has 4 heteroatoms. The summed E-state index contributed by atoms with van der Waals surface area (Å²) in [6.07, 6.45) is 4.01. The van der Waals surface area contributed by atoms with Gasteiger partial charge >= 0.3 is 0 Å². The van der Waals surface area contributed by atoms with Gasteiger partial charge in [0.1, 0.15) is 0 Å². The zero-order valence-corrected chi connectivity index (χ0v) is 12.3. The molecule has 110 valence electrons. The van der Waals surface area contributed by atoms with Gasteiger partial charge in [0.25, 0.3) is 5.56 Å². The predicted octanol–water partition coefficient (Wildman–Crippen LogP) is 2.27. The van der Waals surface area contributed by atoms with E-state index in [1.165, 1.54) is 17.3 Å². The molecule has 1 aromatic carbocycles. The number of hydrogen-bond donors (Lipinski definition) is 1. The molecule has 3 rings (SSSR count). The summed E-state index contributed by atoms with van der Waals surface area (Å²) in [7, 11) is 0. The summed E-state index contributed by atoms with van der Waals surface area (Å²) >= 11 is 0. The molecule has 0 radical (unpaired) electrons. The lowest BCUT2D eigenvalue weighted by Gasteiger charge is -2.37. The Labute approximate surface area is 124 Å². The third kappa shape index (κ3) is 2.79. The summed E-state index contributed by atoms with van der Waals surface area (Å²) < 4.78 is 1.69. The van der Waals surface area contributed by atoms with Crippen LogP contribution in [0.5, 0.6) is 0 Å². The molecular formula is C17H21N3O. The van der Waals surface area contributed by atoms with Crippen molar-refractivity contribution in [1.29, 1.82) is 0 Å². The first-order valence-corrected chi connectivity index (χ1v) is 7.45. The third-order valence-electron chi connectivity index (χ3n) is 4.25. The molecule has 1 aliphatic heterocycles. The van der Waals surface area contributed by atoms with E-state index in [2.05, 4.69) is 36.1 Å². The number of para-hydroxylation sites is 1. The number of aromatic nitrogens is 1. The van der Waals surface area contributed by atoms with E-state index in [4.69, 9.17) is 5.73 Å². The second-order valence-electron chi connectivity index (χ2n) is 5.70. The molecule has 0 spiro atoms. The molecule has 1 aliphatic rings. The highest BCUT2D eigenvalue weighted by atomic mass is 16.1. The molecule has 21 heavy (non-hydrogen) atoms. The van der Waals surface area contributed by atoms with Crippen LogP contribution in [-0.4, -0.2) is 17.2 Å². The lowest BCUT2D eigenvalue weighted by atomic mass is 9.97. The van der Waals surface area contributed by atoms with E-state index in [0.717, 1.165) is 19.4 Å². The van der Waals surface area contributed by atoms with Crippen molar-refractivity contribution in [3.63, 3.8) is 0 Å². The van der Waals surface area contributed by atoms with E-state index in [-0.39, 0.29) is 5.56 Å². The van der Waals surface area contributed by atoms with Gasteiger partial charge in [0.15, 0.2) is 0 Å². The van der Waals surface area contributed by atoms with Crippen molar-refractivity contribution in [3.05, 3.63) is 58.5 Å². The molecule has 2 aromatic rings. The average Bonchev–Trinajstić information content (AvgIpc) is 2.49. The molecule has 0 aliphatic carbocycles. The second kappa shape index (κ2) is 5.64. The van der Waals surface area contributed by atoms with Crippen LogP contribution in [0.3, 0.4) is 0 Å². The number of nitrogen functional groups attached to an aromatic ring is 1. The summed E-state index contributed by atoms with van der Waals surface area (Å²) in [5.41, 5.74) is 9.09. The number of pyridine rings is 1. The first-order chi connectivity index (χ1) is 10.1. The van der Waals surface area contributed by atoms with Crippen molar-refractivity contribution >= 4 is 11.4 Å². The van der Waals surface area contributed by atoms with Gasteiger partial charge in [-0.1, -0.05) is 18.2 Å². The highest BCUT2D eigenvalue weighted by Gasteiger charge is 2.22. The number of hydrogen-bond acceptors (Lipinski definition) is 3. The Bertz CT molecular complexity index is 692. The standard InChI is InChI=1S/C17H21N3O/c1-13-6-7-14-4-2-3-5-16(14)20(13)11-10-19-12-15(18)8-9-17(19)21/h2-5,8-9,12-13H,6-7,10-11,18H2,1H3. The van der Waals surface area contributed by atoms with Crippen LogP contribution in [0, 0.1) is 0 Å². The van der Waals surface area contributed by atoms with Gasteiger partial charge < -0.3 is 15.2 Å². The fourth-order valence-electron chi connectivity index (χ4n) is 3.04. The summed E-state index contributed by atoms with van der Waals surface area (Å²) in [6, 6.07) is 12.2. The second-order valence-corrected chi connectivity index (χ2v) is 5.70. The Hall–Kier alpha value is -2.23. The normalized spacial score (nSPS) is 17.6. The number of nitrogens with two attached hydrogens (primary N) is 1. The number of aryl methyl sites for hydroxylation is 1. The summed E-state index contributed by atoms with van der Waals surface area (Å²) in [4.78, 5) is 14.3. The van der Waals surface area contributed by atoms with Crippen LogP contribution >= 0.6 is 0 Å². The molecule has 0 bridgehead atoms. The number of benzene rings is 1. The number of anilines is 2. The summed E-state index contributed by atoms with van der Waals surface area (Å²) in [6.45, 7) is 3.72. The molecule has 1 unspecified atom stereocenters. The van der Waals surface area contributed by atoms with E-state index in [1.54, 1.807) is 16.8 Å². The van der Waals surface area contributed by atoms with Crippen LogP contribution in [0.15, 0.2) is 47.4 Å². The summed E-state index contributed by atoms with van der Waals surface area (Å²) in [5, 5.41) is 0. The van der Waals surface area contributed by atoms with Gasteiger partial charge in [-0.05, 0) is 37.5 Å². The van der Waals surface area contributed by atoms with Crippen LogP contribution in [-0.2, 0) is 13.0 Å². The largest absolute Gasteiger partial charge is 0.398 e. The molecule has 0 fully saturated rings. The van der Waals surface area contributed by atoms with Gasteiger partial charge in [-0.3, -0.25) is 4.79 Å². The van der Waals surface area contributed by atoms with Crippen molar-refractivity contribution in [3.8, 4) is 0 Å². The first kappa shape index (κ1) is 13.7. The van der Waals surface area contributed by atoms with Crippen molar-refractivity contribution in [2.75, 3.05) is 17.2 Å². The number of fused-ring (bicyclic) bond motifs is 1. The summed E-state index contributed by atoms with van der Waals surface area (Å²) in [5.74, 6) is 0. The zero-order chi connectivity index (χ0) is 14.8. The maximum atomic E-state index is 11.9. The molecule has 4 nitrogen and oxygen atoms in total. The minimum absolute atomic E-state index is 0.00199. The minimum atomic E-state index is 0.00199. The quantitative estimate of drug-likeness (QED) is 0.940. The van der Waals surface area contributed by atoms with E-state index in [0.29, 0.717) is 18.3 Å². The number of nitrogens with zero attached hydrogens (tertiary/aromatic N) is 2. The van der Waals surface area contributed by atoms with Gasteiger partial charge in [-0.2, -0.15) is 0 Å². The van der Waals surface area contributed by atoms with Gasteiger partial charge in [0, 0.05) is 42.8 Å². The van der Waals surface area contributed by atoms with Crippen LogP contribution in [0.4, 0.5) is 11.4 Å². The average molecular weight is 283 g/mol. The Balaban J connectivity index is 1.81. The van der Waals surface area contributed by atoms with Crippen molar-refractivity contribution in [1.82, 2.24) is 4.57 Å². The maximum absolute atomic E-state index is 11.9. The Morgan fingerprint density at radius 3 is 2.86 bits per heavy atom. The van der Waals surface area contributed by atoms with Gasteiger partial charge in [0.2, 0.25) is 0 Å². The van der Waals surface area contributed by atoms with Gasteiger partial charge in [-0.25, -0.2) is 0 Å². The Morgan fingerprint density at radius 1 is 1.19 bits per heavy atom. The highest BCUT2D eigenvalue weighted by Crippen LogP contribution is 2.30. The van der Waals surface area contributed by atoms with Crippen LogP contribution < -0.4 is 16.2 Å². The predicted molar refractivity (Wildman–Crippen MR) is 86.7 cm³/mol. The van der Waals surface area contributed by atoms with E-state index < -0.39 is 0 Å². The third-order valence-corrected chi connectivity index (χ3v) is 4.25. The molecule has 0 saturated heterocycles. The SMILES string of the molecule is CC1CCc2ccccc2N1CCn1cc(N)ccc1=O. The van der Waals surface area contributed by atoms with E-state index in [9.17, 15) is 4.79 Å². The molecule has 0 amide bonds.